The summed E-state index contributed by atoms with van der Waals surface area (Å²) in [6.45, 7) is 7.39. The third-order valence-electron chi connectivity index (χ3n) is 3.90. The van der Waals surface area contributed by atoms with Gasteiger partial charge < -0.3 is 5.73 Å². The van der Waals surface area contributed by atoms with E-state index in [4.69, 9.17) is 5.73 Å². The number of piperidine rings is 1. The summed E-state index contributed by atoms with van der Waals surface area (Å²) in [4.78, 5) is 0. The van der Waals surface area contributed by atoms with E-state index in [9.17, 15) is 8.42 Å². The summed E-state index contributed by atoms with van der Waals surface area (Å²) in [6.07, 6.45) is 1.74. The standard InChI is InChI=1S/C12H22N4O2S/c1-9-10(8-13)11(15-14-9)19(17,18)16-6-4-12(2,3)5-7-16/h4-8,13H2,1-3H3,(H,14,15). The van der Waals surface area contributed by atoms with E-state index >= 15 is 0 Å². The number of rotatable bonds is 3. The van der Waals surface area contributed by atoms with Crippen LogP contribution in [0.25, 0.3) is 0 Å². The van der Waals surface area contributed by atoms with Crippen LogP contribution in [0.1, 0.15) is 37.9 Å². The van der Waals surface area contributed by atoms with Crippen molar-refractivity contribution in [1.82, 2.24) is 14.5 Å². The highest BCUT2D eigenvalue weighted by Gasteiger charge is 2.35. The highest BCUT2D eigenvalue weighted by molar-refractivity contribution is 7.89. The first-order valence-electron chi connectivity index (χ1n) is 6.52. The van der Waals surface area contributed by atoms with E-state index in [-0.39, 0.29) is 17.0 Å². The van der Waals surface area contributed by atoms with Crippen LogP contribution in [0.3, 0.4) is 0 Å². The molecule has 1 aliphatic rings. The van der Waals surface area contributed by atoms with E-state index in [1.807, 2.05) is 0 Å². The Bertz CT molecular complexity index is 552. The molecule has 2 heterocycles. The maximum atomic E-state index is 12.6. The van der Waals surface area contributed by atoms with Crippen LogP contribution in [-0.2, 0) is 16.6 Å². The maximum absolute atomic E-state index is 12.6. The molecule has 0 aromatic carbocycles. The minimum absolute atomic E-state index is 0.0900. The molecule has 0 radical (unpaired) electrons. The molecule has 3 N–H and O–H groups in total. The van der Waals surface area contributed by atoms with Crippen LogP contribution in [0.2, 0.25) is 0 Å². The fourth-order valence-electron chi connectivity index (χ4n) is 2.34. The molecular weight excluding hydrogens is 264 g/mol. The van der Waals surface area contributed by atoms with Gasteiger partial charge in [-0.25, -0.2) is 8.42 Å². The first-order chi connectivity index (χ1) is 8.78. The second-order valence-electron chi connectivity index (χ2n) is 5.90. The lowest BCUT2D eigenvalue weighted by atomic mass is 9.83. The molecule has 1 saturated heterocycles. The predicted octanol–water partition coefficient (Wildman–Crippen LogP) is 0.988. The van der Waals surface area contributed by atoms with Gasteiger partial charge in [0.15, 0.2) is 5.03 Å². The Morgan fingerprint density at radius 1 is 1.37 bits per heavy atom. The largest absolute Gasteiger partial charge is 0.326 e. The molecule has 0 atom stereocenters. The Hall–Kier alpha value is -0.920. The monoisotopic (exact) mass is 286 g/mol. The Labute approximate surface area is 114 Å². The van der Waals surface area contributed by atoms with Crippen molar-refractivity contribution < 1.29 is 8.42 Å². The Kier molecular flexibility index (Phi) is 3.72. The fraction of sp³-hybridized carbons (Fsp3) is 0.750. The molecular formula is C12H22N4O2S. The van der Waals surface area contributed by atoms with Crippen LogP contribution in [0, 0.1) is 12.3 Å². The molecule has 1 fully saturated rings. The van der Waals surface area contributed by atoms with Crippen LogP contribution in [-0.4, -0.2) is 36.0 Å². The summed E-state index contributed by atoms with van der Waals surface area (Å²) in [6, 6.07) is 0. The molecule has 0 spiro atoms. The number of nitrogens with zero attached hydrogens (tertiary/aromatic N) is 2. The third kappa shape index (κ3) is 2.68. The Morgan fingerprint density at radius 3 is 2.47 bits per heavy atom. The van der Waals surface area contributed by atoms with Crippen LogP contribution in [0.4, 0.5) is 0 Å². The molecule has 0 unspecified atom stereocenters. The van der Waals surface area contributed by atoms with Crippen molar-refractivity contribution in [1.29, 1.82) is 0 Å². The number of aromatic amines is 1. The topological polar surface area (TPSA) is 92.1 Å². The first-order valence-corrected chi connectivity index (χ1v) is 7.96. The zero-order valence-electron chi connectivity index (χ0n) is 11.7. The minimum atomic E-state index is -3.52. The first kappa shape index (κ1) is 14.5. The van der Waals surface area contributed by atoms with Crippen molar-refractivity contribution in [3.05, 3.63) is 11.3 Å². The van der Waals surface area contributed by atoms with E-state index in [0.717, 1.165) is 18.5 Å². The molecule has 7 heteroatoms. The summed E-state index contributed by atoms with van der Waals surface area (Å²) >= 11 is 0. The molecule has 0 aliphatic carbocycles. The van der Waals surface area contributed by atoms with Crippen LogP contribution >= 0.6 is 0 Å². The van der Waals surface area contributed by atoms with Crippen molar-refractivity contribution in [3.63, 3.8) is 0 Å². The SMILES string of the molecule is Cc1[nH]nc(S(=O)(=O)N2CCC(C)(C)CC2)c1CN. The van der Waals surface area contributed by atoms with Gasteiger partial charge in [0.2, 0.25) is 0 Å². The number of H-pyrrole nitrogens is 1. The van der Waals surface area contributed by atoms with Gasteiger partial charge in [-0.1, -0.05) is 13.8 Å². The summed E-state index contributed by atoms with van der Waals surface area (Å²) in [5.41, 5.74) is 7.14. The molecule has 1 aromatic heterocycles. The molecule has 1 aromatic rings. The average Bonchev–Trinajstić information content (AvgIpc) is 2.70. The van der Waals surface area contributed by atoms with Gasteiger partial charge in [-0.2, -0.15) is 9.40 Å². The van der Waals surface area contributed by atoms with Crippen molar-refractivity contribution >= 4 is 10.0 Å². The van der Waals surface area contributed by atoms with E-state index in [2.05, 4.69) is 24.0 Å². The Morgan fingerprint density at radius 2 is 1.95 bits per heavy atom. The van der Waals surface area contributed by atoms with Gasteiger partial charge in [0, 0.05) is 30.9 Å². The second kappa shape index (κ2) is 4.88. The molecule has 6 nitrogen and oxygen atoms in total. The zero-order chi connectivity index (χ0) is 14.3. The van der Waals surface area contributed by atoms with Crippen LogP contribution < -0.4 is 5.73 Å². The van der Waals surface area contributed by atoms with Crippen molar-refractivity contribution in [2.75, 3.05) is 13.1 Å². The number of nitrogens with one attached hydrogen (secondary N) is 1. The highest BCUT2D eigenvalue weighted by atomic mass is 32.2. The molecule has 19 heavy (non-hydrogen) atoms. The highest BCUT2D eigenvalue weighted by Crippen LogP contribution is 2.32. The van der Waals surface area contributed by atoms with Gasteiger partial charge in [-0.15, -0.1) is 0 Å². The van der Waals surface area contributed by atoms with E-state index in [1.54, 1.807) is 6.92 Å². The maximum Gasteiger partial charge on any atom is 0.262 e. The number of hydrogen-bond acceptors (Lipinski definition) is 4. The summed E-state index contributed by atoms with van der Waals surface area (Å²) in [5.74, 6) is 0. The summed E-state index contributed by atoms with van der Waals surface area (Å²) in [7, 11) is -3.52. The second-order valence-corrected chi connectivity index (χ2v) is 7.76. The normalized spacial score (nSPS) is 20.6. The van der Waals surface area contributed by atoms with Gasteiger partial charge in [-0.05, 0) is 25.2 Å². The molecule has 0 bridgehead atoms. The third-order valence-corrected chi connectivity index (χ3v) is 5.77. The molecule has 0 saturated carbocycles. The lowest BCUT2D eigenvalue weighted by Crippen LogP contribution is -2.41. The van der Waals surface area contributed by atoms with E-state index in [1.165, 1.54) is 4.31 Å². The van der Waals surface area contributed by atoms with Crippen LogP contribution in [0.15, 0.2) is 5.03 Å². The molecule has 0 amide bonds. The number of nitrogens with two attached hydrogens (primary N) is 1. The van der Waals surface area contributed by atoms with Gasteiger partial charge in [0.05, 0.1) is 0 Å². The number of hydrogen-bond donors (Lipinski definition) is 2. The number of aryl methyl sites for hydroxylation is 1. The Balaban J connectivity index is 2.28. The molecule has 1 aliphatic heterocycles. The molecule has 108 valence electrons. The smallest absolute Gasteiger partial charge is 0.262 e. The predicted molar refractivity (Wildman–Crippen MR) is 73.0 cm³/mol. The van der Waals surface area contributed by atoms with Crippen molar-refractivity contribution in [2.45, 2.75) is 45.2 Å². The molecule has 2 rings (SSSR count). The fourth-order valence-corrected chi connectivity index (χ4v) is 3.95. The van der Waals surface area contributed by atoms with Crippen molar-refractivity contribution in [2.24, 2.45) is 11.1 Å². The van der Waals surface area contributed by atoms with Gasteiger partial charge in [0.1, 0.15) is 0 Å². The lowest BCUT2D eigenvalue weighted by molar-refractivity contribution is 0.195. The van der Waals surface area contributed by atoms with Crippen molar-refractivity contribution in [3.8, 4) is 0 Å². The quantitative estimate of drug-likeness (QED) is 0.866. The van der Waals surface area contributed by atoms with Gasteiger partial charge in [0.25, 0.3) is 10.0 Å². The lowest BCUT2D eigenvalue weighted by Gasteiger charge is -2.35. The van der Waals surface area contributed by atoms with E-state index < -0.39 is 10.0 Å². The summed E-state index contributed by atoms with van der Waals surface area (Å²) in [5, 5.41) is 6.74. The van der Waals surface area contributed by atoms with Gasteiger partial charge >= 0.3 is 0 Å². The average molecular weight is 286 g/mol. The number of aromatic nitrogens is 2. The van der Waals surface area contributed by atoms with Gasteiger partial charge in [-0.3, -0.25) is 5.10 Å². The summed E-state index contributed by atoms with van der Waals surface area (Å²) < 4.78 is 26.7. The number of sulfonamides is 1. The minimum Gasteiger partial charge on any atom is -0.326 e. The van der Waals surface area contributed by atoms with Crippen LogP contribution in [0.5, 0.6) is 0 Å². The zero-order valence-corrected chi connectivity index (χ0v) is 12.5. The van der Waals surface area contributed by atoms with E-state index in [0.29, 0.717) is 18.7 Å².